The second kappa shape index (κ2) is 7.65. The van der Waals surface area contributed by atoms with Crippen LogP contribution in [0.4, 0.5) is 0 Å². The monoisotopic (exact) mass is 360 g/mol. The molecule has 0 saturated carbocycles. The minimum atomic E-state index is -0.282. The Labute approximate surface area is 155 Å². The fourth-order valence-corrected chi connectivity index (χ4v) is 2.61. The Bertz CT molecular complexity index is 1060. The molecule has 0 aliphatic rings. The Morgan fingerprint density at radius 3 is 2.74 bits per heavy atom. The number of aromatic nitrogens is 3. The molecule has 2 aromatic heterocycles. The van der Waals surface area contributed by atoms with E-state index >= 15 is 0 Å². The van der Waals surface area contributed by atoms with Crippen LogP contribution in [0.3, 0.4) is 0 Å². The van der Waals surface area contributed by atoms with Crippen LogP contribution in [0.1, 0.15) is 5.76 Å². The van der Waals surface area contributed by atoms with Crippen LogP contribution >= 0.6 is 0 Å². The van der Waals surface area contributed by atoms with E-state index in [0.717, 1.165) is 22.2 Å². The van der Waals surface area contributed by atoms with Crippen LogP contribution in [0, 0.1) is 0 Å². The molecule has 1 N–H and O–H groups in total. The van der Waals surface area contributed by atoms with Gasteiger partial charge in [-0.05, 0) is 12.1 Å². The van der Waals surface area contributed by atoms with Gasteiger partial charge in [-0.15, -0.1) is 0 Å². The molecule has 1 amide bonds. The molecule has 0 aliphatic heterocycles. The zero-order valence-electron chi connectivity index (χ0n) is 14.3. The van der Waals surface area contributed by atoms with E-state index in [2.05, 4.69) is 20.4 Å². The summed E-state index contributed by atoms with van der Waals surface area (Å²) < 4.78 is 10.8. The second-order valence-corrected chi connectivity index (χ2v) is 5.81. The van der Waals surface area contributed by atoms with E-state index in [9.17, 15) is 4.79 Å². The van der Waals surface area contributed by atoms with Gasteiger partial charge in [-0.25, -0.2) is 9.97 Å². The number of nitrogens with one attached hydrogen (secondary N) is 1. The molecule has 0 aliphatic carbocycles. The van der Waals surface area contributed by atoms with E-state index in [-0.39, 0.29) is 19.1 Å². The largest absolute Gasteiger partial charge is 0.467 e. The average Bonchev–Trinajstić information content (AvgIpc) is 3.20. The highest BCUT2D eigenvalue weighted by atomic mass is 16.5. The first-order valence-corrected chi connectivity index (χ1v) is 8.40. The number of para-hydroxylation sites is 1. The average molecular weight is 360 g/mol. The molecule has 0 radical (unpaired) electrons. The predicted octanol–water partition coefficient (Wildman–Crippen LogP) is 2.98. The summed E-state index contributed by atoms with van der Waals surface area (Å²) in [7, 11) is 0. The molecule has 2 aromatic carbocycles. The summed E-state index contributed by atoms with van der Waals surface area (Å²) in [5.74, 6) is 0.659. The van der Waals surface area contributed by atoms with Crippen molar-refractivity contribution in [2.24, 2.45) is 0 Å². The van der Waals surface area contributed by atoms with Gasteiger partial charge in [-0.2, -0.15) is 0 Å². The lowest BCUT2D eigenvalue weighted by atomic mass is 10.1. The molecule has 0 atom stereocenters. The molecule has 134 valence electrons. The topological polar surface area (TPSA) is 90.1 Å². The lowest BCUT2D eigenvalue weighted by Crippen LogP contribution is -2.28. The standard InChI is InChI=1S/C20H16N4O3/c25-19(12-26-20-16-8-4-5-9-17(16)22-13-23-20)21-11-15-10-18(24-27-15)14-6-2-1-3-7-14/h1-10,13H,11-12H2,(H,21,25). The maximum Gasteiger partial charge on any atom is 0.258 e. The molecule has 0 saturated heterocycles. The normalized spacial score (nSPS) is 10.7. The Morgan fingerprint density at radius 1 is 1.04 bits per heavy atom. The molecule has 0 spiro atoms. The number of hydrogen-bond donors (Lipinski definition) is 1. The quantitative estimate of drug-likeness (QED) is 0.568. The third-order valence-electron chi connectivity index (χ3n) is 3.93. The van der Waals surface area contributed by atoms with Gasteiger partial charge in [0.05, 0.1) is 17.4 Å². The number of fused-ring (bicyclic) bond motifs is 1. The van der Waals surface area contributed by atoms with Crippen LogP contribution in [0.25, 0.3) is 22.2 Å². The maximum absolute atomic E-state index is 12.1. The van der Waals surface area contributed by atoms with Crippen molar-refractivity contribution in [3.63, 3.8) is 0 Å². The molecule has 4 rings (SSSR count). The van der Waals surface area contributed by atoms with E-state index < -0.39 is 0 Å². The molecule has 0 fully saturated rings. The Hall–Kier alpha value is -3.74. The maximum atomic E-state index is 12.1. The third kappa shape index (κ3) is 3.92. The molecular weight excluding hydrogens is 344 g/mol. The minimum absolute atomic E-state index is 0.152. The van der Waals surface area contributed by atoms with Gasteiger partial charge in [0.1, 0.15) is 12.0 Å². The molecule has 0 bridgehead atoms. The van der Waals surface area contributed by atoms with Crippen molar-refractivity contribution in [1.29, 1.82) is 0 Å². The minimum Gasteiger partial charge on any atom is -0.467 e. The Kier molecular flexibility index (Phi) is 4.74. The second-order valence-electron chi connectivity index (χ2n) is 5.81. The van der Waals surface area contributed by atoms with E-state index in [4.69, 9.17) is 9.26 Å². The third-order valence-corrected chi connectivity index (χ3v) is 3.93. The molecular formula is C20H16N4O3. The van der Waals surface area contributed by atoms with Crippen LogP contribution in [0.15, 0.2) is 71.5 Å². The highest BCUT2D eigenvalue weighted by molar-refractivity contribution is 5.84. The Balaban J connectivity index is 1.33. The highest BCUT2D eigenvalue weighted by Crippen LogP contribution is 2.20. The van der Waals surface area contributed by atoms with Gasteiger partial charge in [0.15, 0.2) is 12.4 Å². The van der Waals surface area contributed by atoms with Crippen LogP contribution in [-0.4, -0.2) is 27.6 Å². The van der Waals surface area contributed by atoms with E-state index in [1.807, 2.05) is 54.6 Å². The van der Waals surface area contributed by atoms with Gasteiger partial charge >= 0.3 is 0 Å². The number of amides is 1. The van der Waals surface area contributed by atoms with Crippen LogP contribution in [0.2, 0.25) is 0 Å². The van der Waals surface area contributed by atoms with Crippen molar-refractivity contribution in [2.45, 2.75) is 6.54 Å². The van der Waals surface area contributed by atoms with Crippen molar-refractivity contribution in [2.75, 3.05) is 6.61 Å². The van der Waals surface area contributed by atoms with Crippen LogP contribution < -0.4 is 10.1 Å². The Morgan fingerprint density at radius 2 is 1.85 bits per heavy atom. The van der Waals surface area contributed by atoms with Crippen LogP contribution in [-0.2, 0) is 11.3 Å². The van der Waals surface area contributed by atoms with Crippen molar-refractivity contribution in [1.82, 2.24) is 20.4 Å². The van der Waals surface area contributed by atoms with Gasteiger partial charge < -0.3 is 14.6 Å². The van der Waals surface area contributed by atoms with Gasteiger partial charge in [0.25, 0.3) is 5.91 Å². The smallest absolute Gasteiger partial charge is 0.258 e. The van der Waals surface area contributed by atoms with E-state index in [1.54, 1.807) is 6.07 Å². The number of carbonyl (C=O) groups is 1. The fraction of sp³-hybridized carbons (Fsp3) is 0.100. The lowest BCUT2D eigenvalue weighted by molar-refractivity contribution is -0.123. The number of rotatable bonds is 6. The SMILES string of the molecule is O=C(COc1ncnc2ccccc12)NCc1cc(-c2ccccc2)no1. The number of hydrogen-bond acceptors (Lipinski definition) is 6. The number of carbonyl (C=O) groups excluding carboxylic acids is 1. The summed E-state index contributed by atoms with van der Waals surface area (Å²) in [5, 5.41) is 7.52. The first kappa shape index (κ1) is 16.7. The van der Waals surface area contributed by atoms with E-state index in [1.165, 1.54) is 6.33 Å². The van der Waals surface area contributed by atoms with E-state index in [0.29, 0.717) is 11.6 Å². The molecule has 0 unspecified atom stereocenters. The molecule has 2 heterocycles. The fourth-order valence-electron chi connectivity index (χ4n) is 2.61. The summed E-state index contributed by atoms with van der Waals surface area (Å²) in [6.07, 6.45) is 1.41. The number of ether oxygens (including phenoxy) is 1. The van der Waals surface area contributed by atoms with Crippen molar-refractivity contribution < 1.29 is 14.1 Å². The predicted molar refractivity (Wildman–Crippen MR) is 98.8 cm³/mol. The summed E-state index contributed by atoms with van der Waals surface area (Å²) in [5.41, 5.74) is 2.44. The summed E-state index contributed by atoms with van der Waals surface area (Å²) in [6.45, 7) is 0.0766. The highest BCUT2D eigenvalue weighted by Gasteiger charge is 2.10. The van der Waals surface area contributed by atoms with Crippen molar-refractivity contribution in [3.05, 3.63) is 72.8 Å². The molecule has 4 aromatic rings. The van der Waals surface area contributed by atoms with Gasteiger partial charge in [-0.1, -0.05) is 47.6 Å². The summed E-state index contributed by atoms with van der Waals surface area (Å²) in [6, 6.07) is 18.9. The van der Waals surface area contributed by atoms with Gasteiger partial charge in [0.2, 0.25) is 5.88 Å². The van der Waals surface area contributed by atoms with Crippen molar-refractivity contribution in [3.8, 4) is 17.1 Å². The molecule has 7 heteroatoms. The summed E-state index contributed by atoms with van der Waals surface area (Å²) in [4.78, 5) is 20.3. The molecule has 27 heavy (non-hydrogen) atoms. The lowest BCUT2D eigenvalue weighted by Gasteiger charge is -2.07. The van der Waals surface area contributed by atoms with Crippen molar-refractivity contribution >= 4 is 16.8 Å². The number of nitrogens with zero attached hydrogens (tertiary/aromatic N) is 3. The number of benzene rings is 2. The van der Waals surface area contributed by atoms with Gasteiger partial charge in [-0.3, -0.25) is 4.79 Å². The zero-order chi connectivity index (χ0) is 18.5. The van der Waals surface area contributed by atoms with Gasteiger partial charge in [0, 0.05) is 11.6 Å². The van der Waals surface area contributed by atoms with Crippen LogP contribution in [0.5, 0.6) is 5.88 Å². The zero-order valence-corrected chi connectivity index (χ0v) is 14.3. The molecule has 7 nitrogen and oxygen atoms in total. The first-order valence-electron chi connectivity index (χ1n) is 8.40. The summed E-state index contributed by atoms with van der Waals surface area (Å²) >= 11 is 0. The first-order chi connectivity index (χ1) is 13.3.